The Hall–Kier alpha value is -1.98. The van der Waals surface area contributed by atoms with Gasteiger partial charge in [-0.15, -0.1) is 0 Å². The summed E-state index contributed by atoms with van der Waals surface area (Å²) in [6.45, 7) is 10.0. The number of piperazine rings is 1. The van der Waals surface area contributed by atoms with E-state index in [1.165, 1.54) is 0 Å². The molecule has 1 aliphatic heterocycles. The predicted molar refractivity (Wildman–Crippen MR) is 101 cm³/mol. The fourth-order valence-electron chi connectivity index (χ4n) is 2.99. The lowest BCUT2D eigenvalue weighted by atomic mass is 10.2. The van der Waals surface area contributed by atoms with Crippen molar-refractivity contribution in [1.29, 1.82) is 0 Å². The molecule has 0 N–H and O–H groups in total. The molecule has 7 heteroatoms. The minimum Gasteiger partial charge on any atom is -0.492 e. The minimum atomic E-state index is 0.591. The van der Waals surface area contributed by atoms with Gasteiger partial charge in [0.15, 0.2) is 0 Å². The molecule has 0 bridgehead atoms. The van der Waals surface area contributed by atoms with Crippen LogP contribution in [0.15, 0.2) is 23.4 Å². The van der Waals surface area contributed by atoms with Crippen molar-refractivity contribution in [2.45, 2.75) is 45.6 Å². The Morgan fingerprint density at radius 1 is 1.16 bits per heavy atom. The van der Waals surface area contributed by atoms with Crippen molar-refractivity contribution >= 4 is 5.82 Å². The molecule has 0 atom stereocenters. The van der Waals surface area contributed by atoms with Gasteiger partial charge in [-0.1, -0.05) is 18.0 Å². The van der Waals surface area contributed by atoms with Gasteiger partial charge in [0.05, 0.1) is 12.8 Å². The summed E-state index contributed by atoms with van der Waals surface area (Å²) in [6.07, 6.45) is 5.94. The molecule has 2 heterocycles. The molecule has 1 aromatic heterocycles. The molecule has 0 aromatic carbocycles. The van der Waals surface area contributed by atoms with Crippen LogP contribution in [0.5, 0.6) is 5.75 Å². The zero-order valence-electron chi connectivity index (χ0n) is 15.5. The van der Waals surface area contributed by atoms with E-state index in [1.807, 2.05) is 12.3 Å². The highest BCUT2D eigenvalue weighted by Gasteiger charge is 2.19. The molecule has 1 saturated heterocycles. The van der Waals surface area contributed by atoms with Crippen molar-refractivity contribution in [3.8, 4) is 5.75 Å². The number of aromatic nitrogens is 1. The molecular formula is C18H30N6O. The molecule has 0 amide bonds. The van der Waals surface area contributed by atoms with E-state index in [0.717, 1.165) is 63.4 Å². The molecule has 1 aliphatic rings. The normalized spacial score (nSPS) is 15.2. The molecule has 25 heavy (non-hydrogen) atoms. The van der Waals surface area contributed by atoms with Gasteiger partial charge in [0.1, 0.15) is 11.6 Å². The van der Waals surface area contributed by atoms with E-state index in [9.17, 15) is 0 Å². The average molecular weight is 346 g/mol. The zero-order chi connectivity index (χ0) is 17.9. The van der Waals surface area contributed by atoms with E-state index in [2.05, 4.69) is 44.7 Å². The summed E-state index contributed by atoms with van der Waals surface area (Å²) in [5.74, 6) is 1.87. The fraction of sp³-hybridized carbons (Fsp3) is 0.722. The number of pyridine rings is 1. The fourth-order valence-corrected chi connectivity index (χ4v) is 2.99. The molecule has 0 saturated carbocycles. The molecular weight excluding hydrogens is 316 g/mol. The number of rotatable bonds is 10. The van der Waals surface area contributed by atoms with Gasteiger partial charge in [0.25, 0.3) is 0 Å². The number of hydrogen-bond acceptors (Lipinski definition) is 5. The predicted octanol–water partition coefficient (Wildman–Crippen LogP) is 3.86. The maximum Gasteiger partial charge on any atom is 0.137 e. The quantitative estimate of drug-likeness (QED) is 0.279. The maximum absolute atomic E-state index is 8.20. The highest BCUT2D eigenvalue weighted by atomic mass is 16.5. The summed E-state index contributed by atoms with van der Waals surface area (Å²) in [5.41, 5.74) is 8.20. The molecule has 1 fully saturated rings. The SMILES string of the molecule is CC(C)N1CCN(c2ccc(OCCCCCCN=[N+]=[N-])cn2)CC1. The van der Waals surface area contributed by atoms with E-state index in [1.54, 1.807) is 0 Å². The molecule has 7 nitrogen and oxygen atoms in total. The van der Waals surface area contributed by atoms with Gasteiger partial charge in [0.2, 0.25) is 0 Å². The van der Waals surface area contributed by atoms with Crippen LogP contribution in [-0.2, 0) is 0 Å². The number of nitrogens with zero attached hydrogens (tertiary/aromatic N) is 6. The van der Waals surface area contributed by atoms with Crippen molar-refractivity contribution in [2.24, 2.45) is 5.11 Å². The number of azide groups is 1. The summed E-state index contributed by atoms with van der Waals surface area (Å²) < 4.78 is 5.75. The van der Waals surface area contributed by atoms with E-state index in [4.69, 9.17) is 10.3 Å². The van der Waals surface area contributed by atoms with Crippen molar-refractivity contribution < 1.29 is 4.74 Å². The Morgan fingerprint density at radius 2 is 1.92 bits per heavy atom. The largest absolute Gasteiger partial charge is 0.492 e. The van der Waals surface area contributed by atoms with Crippen molar-refractivity contribution in [3.63, 3.8) is 0 Å². The van der Waals surface area contributed by atoms with Crippen LogP contribution in [0.4, 0.5) is 5.82 Å². The lowest BCUT2D eigenvalue weighted by Crippen LogP contribution is -2.49. The van der Waals surface area contributed by atoms with Crippen molar-refractivity contribution in [3.05, 3.63) is 28.8 Å². The zero-order valence-corrected chi connectivity index (χ0v) is 15.5. The molecule has 2 rings (SSSR count). The Balaban J connectivity index is 1.64. The first kappa shape index (κ1) is 19.3. The Bertz CT molecular complexity index is 533. The third-order valence-electron chi connectivity index (χ3n) is 4.57. The van der Waals surface area contributed by atoms with Crippen molar-refractivity contribution in [2.75, 3.05) is 44.2 Å². The Morgan fingerprint density at radius 3 is 2.56 bits per heavy atom. The average Bonchev–Trinajstić information content (AvgIpc) is 2.64. The van der Waals surface area contributed by atoms with Crippen LogP contribution in [-0.4, -0.2) is 55.3 Å². The first-order chi connectivity index (χ1) is 12.2. The lowest BCUT2D eigenvalue weighted by Gasteiger charge is -2.37. The monoisotopic (exact) mass is 346 g/mol. The number of unbranched alkanes of at least 4 members (excludes halogenated alkanes) is 3. The molecule has 0 aliphatic carbocycles. The Labute approximate surface area is 150 Å². The molecule has 1 aromatic rings. The van der Waals surface area contributed by atoms with Crippen LogP contribution in [0.3, 0.4) is 0 Å². The second-order valence-corrected chi connectivity index (χ2v) is 6.69. The highest BCUT2D eigenvalue weighted by Crippen LogP contribution is 2.18. The smallest absolute Gasteiger partial charge is 0.137 e. The van der Waals surface area contributed by atoms with Gasteiger partial charge < -0.3 is 9.64 Å². The van der Waals surface area contributed by atoms with Gasteiger partial charge in [-0.3, -0.25) is 4.90 Å². The number of ether oxygens (including phenoxy) is 1. The van der Waals surface area contributed by atoms with Crippen LogP contribution in [0.2, 0.25) is 0 Å². The molecule has 138 valence electrons. The summed E-state index contributed by atoms with van der Waals surface area (Å²) in [6, 6.07) is 4.68. The Kier molecular flexibility index (Phi) is 8.35. The summed E-state index contributed by atoms with van der Waals surface area (Å²) >= 11 is 0. The summed E-state index contributed by atoms with van der Waals surface area (Å²) in [4.78, 5) is 12.1. The van der Waals surface area contributed by atoms with Gasteiger partial charge in [-0.2, -0.15) is 0 Å². The summed E-state index contributed by atoms with van der Waals surface area (Å²) in [7, 11) is 0. The first-order valence-electron chi connectivity index (χ1n) is 9.29. The molecule has 0 spiro atoms. The van der Waals surface area contributed by atoms with Crippen LogP contribution in [0.25, 0.3) is 10.4 Å². The molecule has 0 unspecified atom stereocenters. The van der Waals surface area contributed by atoms with E-state index in [-0.39, 0.29) is 0 Å². The lowest BCUT2D eigenvalue weighted by molar-refractivity contribution is 0.209. The maximum atomic E-state index is 8.20. The topological polar surface area (TPSA) is 77.4 Å². The van der Waals surface area contributed by atoms with E-state index < -0.39 is 0 Å². The van der Waals surface area contributed by atoms with Crippen molar-refractivity contribution in [1.82, 2.24) is 9.88 Å². The van der Waals surface area contributed by atoms with E-state index in [0.29, 0.717) is 19.2 Å². The first-order valence-corrected chi connectivity index (χ1v) is 9.29. The van der Waals surface area contributed by atoms with Gasteiger partial charge >= 0.3 is 0 Å². The van der Waals surface area contributed by atoms with Crippen LogP contribution < -0.4 is 9.64 Å². The highest BCUT2D eigenvalue weighted by molar-refractivity contribution is 5.41. The third kappa shape index (κ3) is 6.80. The third-order valence-corrected chi connectivity index (χ3v) is 4.57. The second-order valence-electron chi connectivity index (χ2n) is 6.69. The van der Waals surface area contributed by atoms with Gasteiger partial charge in [0, 0.05) is 43.7 Å². The van der Waals surface area contributed by atoms with Gasteiger partial charge in [-0.25, -0.2) is 4.98 Å². The van der Waals surface area contributed by atoms with Crippen LogP contribution in [0.1, 0.15) is 39.5 Å². The number of anilines is 1. The van der Waals surface area contributed by atoms with Crippen LogP contribution >= 0.6 is 0 Å². The van der Waals surface area contributed by atoms with Crippen LogP contribution in [0, 0.1) is 0 Å². The van der Waals surface area contributed by atoms with Gasteiger partial charge in [-0.05, 0) is 44.4 Å². The standard InChI is InChI=1S/C18H30N6O/c1-16(2)23-10-12-24(13-11-23)18-8-7-17(15-20-18)25-14-6-4-3-5-9-21-22-19/h7-8,15-16H,3-6,9-14H2,1-2H3. The molecule has 0 radical (unpaired) electrons. The van der Waals surface area contributed by atoms with E-state index >= 15 is 0 Å². The second kappa shape index (κ2) is 10.8. The minimum absolute atomic E-state index is 0.591. The number of hydrogen-bond donors (Lipinski definition) is 0. The summed E-state index contributed by atoms with van der Waals surface area (Å²) in [5, 5.41) is 3.53.